The summed E-state index contributed by atoms with van der Waals surface area (Å²) in [7, 11) is -3.07. The van der Waals surface area contributed by atoms with Crippen molar-refractivity contribution >= 4 is 21.9 Å². The molecular weight excluding hydrogens is 246 g/mol. The minimum absolute atomic E-state index is 0.0107. The van der Waals surface area contributed by atoms with Gasteiger partial charge in [-0.15, -0.1) is 11.6 Å². The lowest BCUT2D eigenvalue weighted by Gasteiger charge is -2.17. The highest BCUT2D eigenvalue weighted by Gasteiger charge is 2.17. The third-order valence-corrected chi connectivity index (χ3v) is 2.80. The second-order valence-corrected chi connectivity index (χ2v) is 4.93. The summed E-state index contributed by atoms with van der Waals surface area (Å²) in [5.41, 5.74) is 0. The van der Waals surface area contributed by atoms with E-state index < -0.39 is 16.4 Å². The smallest absolute Gasteiger partial charge is 0.335 e. The molecule has 0 spiro atoms. The Balaban J connectivity index is 3.70. The average molecular weight is 262 g/mol. The lowest BCUT2D eigenvalue weighted by molar-refractivity contribution is 0.0296. The third-order valence-electron chi connectivity index (χ3n) is 1.59. The van der Waals surface area contributed by atoms with Crippen LogP contribution in [0, 0.1) is 0 Å². The molecular formula is C7H16ClNO5S. The van der Waals surface area contributed by atoms with Crippen molar-refractivity contribution in [1.82, 2.24) is 4.31 Å². The molecule has 0 aliphatic carbocycles. The molecule has 1 atom stereocenters. The van der Waals surface area contributed by atoms with Crippen LogP contribution < -0.4 is 0 Å². The van der Waals surface area contributed by atoms with E-state index >= 15 is 0 Å². The molecule has 0 saturated carbocycles. The molecule has 0 bridgehead atoms. The molecule has 0 aromatic rings. The summed E-state index contributed by atoms with van der Waals surface area (Å²) in [5, 5.41) is 9.31. The van der Waals surface area contributed by atoms with Gasteiger partial charge in [0.2, 0.25) is 0 Å². The Hall–Kier alpha value is 0.0800. The molecule has 92 valence electrons. The van der Waals surface area contributed by atoms with Crippen LogP contribution in [0.2, 0.25) is 0 Å². The Morgan fingerprint density at radius 1 is 1.53 bits per heavy atom. The van der Waals surface area contributed by atoms with Crippen LogP contribution in [0.3, 0.4) is 0 Å². The summed E-state index contributed by atoms with van der Waals surface area (Å²) in [6.07, 6.45) is -0.296. The van der Waals surface area contributed by atoms with Crippen molar-refractivity contribution in [3.8, 4) is 0 Å². The third kappa shape index (κ3) is 7.95. The van der Waals surface area contributed by atoms with Crippen molar-refractivity contribution < 1.29 is 22.8 Å². The molecule has 0 amide bonds. The predicted molar refractivity (Wildman–Crippen MR) is 56.3 cm³/mol. The van der Waals surface area contributed by atoms with Gasteiger partial charge in [0, 0.05) is 26.1 Å². The van der Waals surface area contributed by atoms with E-state index in [4.69, 9.17) is 20.9 Å². The summed E-state index contributed by atoms with van der Waals surface area (Å²) in [5.74, 6) is 0.473. The summed E-state index contributed by atoms with van der Waals surface area (Å²) >= 11 is 5.40. The van der Waals surface area contributed by atoms with Crippen molar-refractivity contribution in [2.45, 2.75) is 12.5 Å². The van der Waals surface area contributed by atoms with Gasteiger partial charge in [-0.05, 0) is 6.42 Å². The highest BCUT2D eigenvalue weighted by atomic mass is 35.5. The van der Waals surface area contributed by atoms with Gasteiger partial charge >= 0.3 is 10.3 Å². The van der Waals surface area contributed by atoms with Crippen molar-refractivity contribution in [3.05, 3.63) is 0 Å². The molecule has 0 rings (SSSR count). The van der Waals surface area contributed by atoms with Crippen LogP contribution in [0.5, 0.6) is 0 Å². The Bertz CT molecular complexity index is 258. The maximum atomic E-state index is 10.6. The zero-order chi connectivity index (χ0) is 11.9. The number of aliphatic hydroxyl groups is 1. The highest BCUT2D eigenvalue weighted by molar-refractivity contribution is 7.83. The largest absolute Gasteiger partial charge is 0.389 e. The van der Waals surface area contributed by atoms with E-state index in [1.54, 1.807) is 0 Å². The van der Waals surface area contributed by atoms with Gasteiger partial charge in [-0.25, -0.2) is 0 Å². The fraction of sp³-hybridized carbons (Fsp3) is 1.00. The van der Waals surface area contributed by atoms with E-state index in [2.05, 4.69) is 0 Å². The number of nitrogens with zero attached hydrogens (tertiary/aromatic N) is 1. The maximum Gasteiger partial charge on any atom is 0.335 e. The first-order chi connectivity index (χ1) is 6.88. The molecule has 0 aliphatic heterocycles. The van der Waals surface area contributed by atoms with E-state index in [0.29, 0.717) is 23.2 Å². The minimum atomic E-state index is -4.24. The van der Waals surface area contributed by atoms with Crippen LogP contribution in [-0.2, 0) is 15.0 Å². The number of ether oxygens (including phenoxy) is 1. The van der Waals surface area contributed by atoms with Gasteiger partial charge in [-0.1, -0.05) is 0 Å². The van der Waals surface area contributed by atoms with Crippen LogP contribution >= 0.6 is 11.6 Å². The number of likely N-dealkylation sites (N-methyl/N-ethyl adjacent to an activating group) is 1. The highest BCUT2D eigenvalue weighted by Crippen LogP contribution is 1.97. The van der Waals surface area contributed by atoms with Crippen molar-refractivity contribution in [1.29, 1.82) is 0 Å². The zero-order valence-electron chi connectivity index (χ0n) is 8.47. The predicted octanol–water partition coefficient (Wildman–Crippen LogP) is -0.273. The monoisotopic (exact) mass is 261 g/mol. The molecule has 0 aromatic carbocycles. The van der Waals surface area contributed by atoms with Gasteiger partial charge in [0.05, 0.1) is 12.7 Å². The standard InChI is InChI=1S/C7H16ClNO5S/c1-9(15(11,12)13)5-7(10)6-14-4-2-3-8/h7,10H,2-6H2,1H3,(H,11,12,13). The summed E-state index contributed by atoms with van der Waals surface area (Å²) < 4.78 is 35.3. The molecule has 1 unspecified atom stereocenters. The Morgan fingerprint density at radius 2 is 2.13 bits per heavy atom. The fourth-order valence-corrected chi connectivity index (χ4v) is 1.29. The van der Waals surface area contributed by atoms with Crippen molar-refractivity contribution in [3.63, 3.8) is 0 Å². The van der Waals surface area contributed by atoms with Gasteiger partial charge in [0.25, 0.3) is 0 Å². The van der Waals surface area contributed by atoms with Gasteiger partial charge in [-0.3, -0.25) is 4.55 Å². The van der Waals surface area contributed by atoms with Crippen molar-refractivity contribution in [2.75, 3.05) is 32.7 Å². The Labute approximate surface area is 94.7 Å². The van der Waals surface area contributed by atoms with E-state index in [9.17, 15) is 13.5 Å². The molecule has 8 heteroatoms. The summed E-state index contributed by atoms with van der Waals surface area (Å²) in [4.78, 5) is 0. The Kier molecular flexibility index (Phi) is 7.41. The van der Waals surface area contributed by atoms with Crippen LogP contribution in [0.1, 0.15) is 6.42 Å². The molecule has 6 nitrogen and oxygen atoms in total. The lowest BCUT2D eigenvalue weighted by atomic mass is 10.4. The number of alkyl halides is 1. The zero-order valence-corrected chi connectivity index (χ0v) is 10.0. The van der Waals surface area contributed by atoms with E-state index in [1.807, 2.05) is 0 Å². The van der Waals surface area contributed by atoms with Crippen LogP contribution in [0.4, 0.5) is 0 Å². The number of hydrogen-bond donors (Lipinski definition) is 2. The SMILES string of the molecule is CN(CC(O)COCCCCl)S(=O)(=O)O. The molecule has 0 radical (unpaired) electrons. The Morgan fingerprint density at radius 3 is 2.60 bits per heavy atom. The first kappa shape index (κ1) is 15.1. The van der Waals surface area contributed by atoms with Gasteiger partial charge in [0.15, 0.2) is 0 Å². The second-order valence-electron chi connectivity index (χ2n) is 3.03. The number of hydrogen-bond acceptors (Lipinski definition) is 4. The first-order valence-electron chi connectivity index (χ1n) is 4.38. The molecule has 0 aliphatic rings. The van der Waals surface area contributed by atoms with Crippen LogP contribution in [0.15, 0.2) is 0 Å². The van der Waals surface area contributed by atoms with E-state index in [0.717, 1.165) is 7.05 Å². The van der Waals surface area contributed by atoms with Crippen LogP contribution in [0.25, 0.3) is 0 Å². The quantitative estimate of drug-likeness (QED) is 0.357. The first-order valence-corrected chi connectivity index (χ1v) is 6.31. The molecule has 2 N–H and O–H groups in total. The fourth-order valence-electron chi connectivity index (χ4n) is 0.820. The second kappa shape index (κ2) is 7.37. The van der Waals surface area contributed by atoms with Gasteiger partial charge in [0.1, 0.15) is 0 Å². The van der Waals surface area contributed by atoms with E-state index in [1.165, 1.54) is 0 Å². The summed E-state index contributed by atoms with van der Waals surface area (Å²) in [6, 6.07) is 0. The molecule has 0 saturated heterocycles. The molecule has 0 heterocycles. The number of rotatable bonds is 8. The topological polar surface area (TPSA) is 87.1 Å². The number of aliphatic hydroxyl groups excluding tert-OH is 1. The van der Waals surface area contributed by atoms with Gasteiger partial charge < -0.3 is 9.84 Å². The average Bonchev–Trinajstić information content (AvgIpc) is 2.11. The normalized spacial score (nSPS) is 14.5. The molecule has 0 fully saturated rings. The molecule has 0 aromatic heterocycles. The minimum Gasteiger partial charge on any atom is -0.389 e. The lowest BCUT2D eigenvalue weighted by Crippen LogP contribution is -2.36. The number of halogens is 1. The maximum absolute atomic E-state index is 10.6. The van der Waals surface area contributed by atoms with E-state index in [-0.39, 0.29) is 13.2 Å². The molecule has 15 heavy (non-hydrogen) atoms. The van der Waals surface area contributed by atoms with Gasteiger partial charge in [-0.2, -0.15) is 12.7 Å². The van der Waals surface area contributed by atoms with Crippen LogP contribution in [-0.4, -0.2) is 61.2 Å². The van der Waals surface area contributed by atoms with Crippen molar-refractivity contribution in [2.24, 2.45) is 0 Å². The summed E-state index contributed by atoms with van der Waals surface area (Å²) in [6.45, 7) is 0.215.